The Morgan fingerprint density at radius 1 is 1.28 bits per heavy atom. The van der Waals surface area contributed by atoms with Crippen molar-refractivity contribution in [2.45, 2.75) is 20.3 Å². The molecular weight excluding hydrogens is 224 g/mol. The lowest BCUT2D eigenvalue weighted by atomic mass is 9.58. The summed E-state index contributed by atoms with van der Waals surface area (Å²) in [6, 6.07) is 10.5. The van der Waals surface area contributed by atoms with Crippen LogP contribution in [0.3, 0.4) is 0 Å². The van der Waals surface area contributed by atoms with Gasteiger partial charge in [0, 0.05) is 7.11 Å². The van der Waals surface area contributed by atoms with Gasteiger partial charge < -0.3 is 9.47 Å². The molecule has 0 aliphatic heterocycles. The van der Waals surface area contributed by atoms with Crippen molar-refractivity contribution in [1.82, 2.24) is 0 Å². The van der Waals surface area contributed by atoms with Gasteiger partial charge in [0.1, 0.15) is 6.79 Å². The molecule has 1 aromatic carbocycles. The van der Waals surface area contributed by atoms with Crippen LogP contribution in [0.2, 0.25) is 0 Å². The standard InChI is InChI=1S/C16H22O2/c1-16(2)14(9-13-7-5-4-6-8-13)10-15(16)11-18-12-17-3/h4-9,15H,10-12H2,1-3H3. The summed E-state index contributed by atoms with van der Waals surface area (Å²) in [5.41, 5.74) is 3.04. The van der Waals surface area contributed by atoms with E-state index in [0.717, 1.165) is 13.0 Å². The molecule has 1 atom stereocenters. The van der Waals surface area contributed by atoms with E-state index in [1.54, 1.807) is 7.11 Å². The molecule has 0 bridgehead atoms. The number of hydrogen-bond donors (Lipinski definition) is 0. The maximum atomic E-state index is 5.47. The van der Waals surface area contributed by atoms with Crippen molar-refractivity contribution in [2.24, 2.45) is 11.3 Å². The fraction of sp³-hybridized carbons (Fsp3) is 0.500. The summed E-state index contributed by atoms with van der Waals surface area (Å²) in [6.07, 6.45) is 3.44. The number of benzene rings is 1. The fourth-order valence-electron chi connectivity index (χ4n) is 2.45. The van der Waals surface area contributed by atoms with E-state index in [4.69, 9.17) is 9.47 Å². The molecule has 1 aliphatic rings. The Morgan fingerprint density at radius 2 is 2.00 bits per heavy atom. The Hall–Kier alpha value is -1.12. The minimum Gasteiger partial charge on any atom is -0.359 e. The molecule has 1 aliphatic carbocycles. The van der Waals surface area contributed by atoms with Crippen LogP contribution in [0.4, 0.5) is 0 Å². The highest BCUT2D eigenvalue weighted by Crippen LogP contribution is 2.51. The van der Waals surface area contributed by atoms with E-state index in [2.05, 4.69) is 50.3 Å². The van der Waals surface area contributed by atoms with Gasteiger partial charge in [0.25, 0.3) is 0 Å². The summed E-state index contributed by atoms with van der Waals surface area (Å²) in [5, 5.41) is 0. The fourth-order valence-corrected chi connectivity index (χ4v) is 2.45. The van der Waals surface area contributed by atoms with Gasteiger partial charge >= 0.3 is 0 Å². The molecule has 0 amide bonds. The molecule has 18 heavy (non-hydrogen) atoms. The van der Waals surface area contributed by atoms with Crippen LogP contribution in [0.15, 0.2) is 35.9 Å². The average Bonchev–Trinajstić information content (AvgIpc) is 2.38. The normalized spacial score (nSPS) is 23.9. The molecule has 2 heteroatoms. The first-order valence-electron chi connectivity index (χ1n) is 6.47. The van der Waals surface area contributed by atoms with Crippen molar-refractivity contribution in [3.63, 3.8) is 0 Å². The van der Waals surface area contributed by atoms with Crippen LogP contribution in [-0.4, -0.2) is 20.5 Å². The van der Waals surface area contributed by atoms with Crippen molar-refractivity contribution in [1.29, 1.82) is 0 Å². The van der Waals surface area contributed by atoms with Gasteiger partial charge in [0.05, 0.1) is 6.61 Å². The summed E-state index contributed by atoms with van der Waals surface area (Å²) >= 11 is 0. The van der Waals surface area contributed by atoms with Crippen LogP contribution in [0, 0.1) is 11.3 Å². The van der Waals surface area contributed by atoms with Gasteiger partial charge in [-0.25, -0.2) is 0 Å². The van der Waals surface area contributed by atoms with Crippen molar-refractivity contribution in [3.05, 3.63) is 41.5 Å². The van der Waals surface area contributed by atoms with Gasteiger partial charge in [-0.2, -0.15) is 0 Å². The lowest BCUT2D eigenvalue weighted by Gasteiger charge is -2.47. The van der Waals surface area contributed by atoms with Crippen LogP contribution >= 0.6 is 0 Å². The van der Waals surface area contributed by atoms with E-state index in [0.29, 0.717) is 12.7 Å². The molecule has 0 spiro atoms. The molecule has 0 N–H and O–H groups in total. The number of ether oxygens (including phenoxy) is 2. The van der Waals surface area contributed by atoms with Gasteiger partial charge in [0.15, 0.2) is 0 Å². The van der Waals surface area contributed by atoms with Gasteiger partial charge in [-0.1, -0.05) is 55.8 Å². The number of allylic oxidation sites excluding steroid dienone is 1. The van der Waals surface area contributed by atoms with Gasteiger partial charge in [-0.3, -0.25) is 0 Å². The van der Waals surface area contributed by atoms with Crippen molar-refractivity contribution < 1.29 is 9.47 Å². The van der Waals surface area contributed by atoms with Gasteiger partial charge in [0.2, 0.25) is 0 Å². The Labute approximate surface area is 110 Å². The summed E-state index contributed by atoms with van der Waals surface area (Å²) in [6.45, 7) is 5.77. The van der Waals surface area contributed by atoms with Crippen LogP contribution in [0.1, 0.15) is 25.8 Å². The molecule has 98 valence electrons. The molecule has 0 saturated heterocycles. The molecule has 2 nitrogen and oxygen atoms in total. The third kappa shape index (κ3) is 2.82. The van der Waals surface area contributed by atoms with E-state index in [-0.39, 0.29) is 5.41 Å². The van der Waals surface area contributed by atoms with Crippen LogP contribution in [0.25, 0.3) is 6.08 Å². The Balaban J connectivity index is 1.96. The zero-order chi connectivity index (χ0) is 13.0. The van der Waals surface area contributed by atoms with Crippen molar-refractivity contribution in [2.75, 3.05) is 20.5 Å². The quantitative estimate of drug-likeness (QED) is 0.582. The first-order chi connectivity index (χ1) is 8.64. The van der Waals surface area contributed by atoms with Crippen LogP contribution < -0.4 is 0 Å². The second-order valence-electron chi connectivity index (χ2n) is 5.48. The highest BCUT2D eigenvalue weighted by atomic mass is 16.7. The molecule has 1 saturated carbocycles. The van der Waals surface area contributed by atoms with E-state index < -0.39 is 0 Å². The second-order valence-corrected chi connectivity index (χ2v) is 5.48. The van der Waals surface area contributed by atoms with E-state index in [1.165, 1.54) is 11.1 Å². The summed E-state index contributed by atoms with van der Waals surface area (Å²) < 4.78 is 10.4. The number of rotatable bonds is 5. The predicted molar refractivity (Wildman–Crippen MR) is 74.1 cm³/mol. The first-order valence-corrected chi connectivity index (χ1v) is 6.47. The molecule has 0 aromatic heterocycles. The Morgan fingerprint density at radius 3 is 2.61 bits per heavy atom. The lowest BCUT2D eigenvalue weighted by molar-refractivity contribution is -0.0657. The summed E-state index contributed by atoms with van der Waals surface area (Å²) in [5.74, 6) is 0.600. The smallest absolute Gasteiger partial charge is 0.146 e. The maximum Gasteiger partial charge on any atom is 0.146 e. The second kappa shape index (κ2) is 5.68. The van der Waals surface area contributed by atoms with Crippen LogP contribution in [0.5, 0.6) is 0 Å². The predicted octanol–water partition coefficient (Wildman–Crippen LogP) is 3.74. The van der Waals surface area contributed by atoms with E-state index in [1.807, 2.05) is 0 Å². The third-order valence-electron chi connectivity index (χ3n) is 3.98. The summed E-state index contributed by atoms with van der Waals surface area (Å²) in [4.78, 5) is 0. The van der Waals surface area contributed by atoms with E-state index in [9.17, 15) is 0 Å². The van der Waals surface area contributed by atoms with Crippen molar-refractivity contribution >= 4 is 6.08 Å². The minimum absolute atomic E-state index is 0.240. The largest absolute Gasteiger partial charge is 0.359 e. The highest BCUT2D eigenvalue weighted by molar-refractivity contribution is 5.56. The molecule has 1 fully saturated rings. The third-order valence-corrected chi connectivity index (χ3v) is 3.98. The molecular formula is C16H22O2. The molecule has 0 heterocycles. The number of methoxy groups -OCH3 is 1. The zero-order valence-corrected chi connectivity index (χ0v) is 11.5. The first kappa shape index (κ1) is 13.3. The molecule has 1 aromatic rings. The van der Waals surface area contributed by atoms with Gasteiger partial charge in [-0.05, 0) is 23.3 Å². The minimum atomic E-state index is 0.240. The monoisotopic (exact) mass is 246 g/mol. The zero-order valence-electron chi connectivity index (χ0n) is 11.5. The van der Waals surface area contributed by atoms with E-state index >= 15 is 0 Å². The van der Waals surface area contributed by atoms with Crippen molar-refractivity contribution in [3.8, 4) is 0 Å². The SMILES string of the molecule is COCOCC1CC(=Cc2ccccc2)C1(C)C. The Bertz CT molecular complexity index is 406. The van der Waals surface area contributed by atoms with Crippen LogP contribution in [-0.2, 0) is 9.47 Å². The average molecular weight is 246 g/mol. The lowest BCUT2D eigenvalue weighted by Crippen LogP contribution is -2.40. The highest BCUT2D eigenvalue weighted by Gasteiger charge is 2.43. The summed E-state index contributed by atoms with van der Waals surface area (Å²) in [7, 11) is 1.66. The molecule has 2 rings (SSSR count). The Kier molecular flexibility index (Phi) is 4.20. The molecule has 1 unspecified atom stereocenters. The van der Waals surface area contributed by atoms with Gasteiger partial charge in [-0.15, -0.1) is 0 Å². The maximum absolute atomic E-state index is 5.47. The topological polar surface area (TPSA) is 18.5 Å². The number of hydrogen-bond acceptors (Lipinski definition) is 2. The molecule has 0 radical (unpaired) electrons.